The molecule has 0 aliphatic carbocycles. The second kappa shape index (κ2) is 6.22. The molecule has 1 aliphatic heterocycles. The minimum Gasteiger partial charge on any atom is -0.391 e. The number of hydrogen-bond donors (Lipinski definition) is 1. The number of aromatic nitrogens is 1. The van der Waals surface area contributed by atoms with Crippen LogP contribution in [-0.4, -0.2) is 33.5 Å². The number of likely N-dealkylation sites (tertiary alicyclic amines) is 1. The molecule has 0 spiro atoms. The molecular weight excluding hydrogens is 326 g/mol. The van der Waals surface area contributed by atoms with Crippen molar-refractivity contribution in [3.8, 4) is 0 Å². The quantitative estimate of drug-likeness (QED) is 0.916. The highest BCUT2D eigenvalue weighted by Gasteiger charge is 2.36. The van der Waals surface area contributed by atoms with Gasteiger partial charge in [0.1, 0.15) is 0 Å². The Morgan fingerprint density at radius 2 is 2.09 bits per heavy atom. The van der Waals surface area contributed by atoms with Crippen molar-refractivity contribution in [1.29, 1.82) is 0 Å². The highest BCUT2D eigenvalue weighted by Crippen LogP contribution is 2.34. The smallest absolute Gasteiger partial charge is 0.256 e. The molecule has 120 valence electrons. The van der Waals surface area contributed by atoms with Gasteiger partial charge in [-0.15, -0.1) is 0 Å². The van der Waals surface area contributed by atoms with Crippen molar-refractivity contribution in [2.75, 3.05) is 6.54 Å². The first-order valence-corrected chi connectivity index (χ1v) is 7.38. The summed E-state index contributed by atoms with van der Waals surface area (Å²) in [7, 11) is 0. The Kier molecular flexibility index (Phi) is 4.28. The van der Waals surface area contributed by atoms with E-state index < -0.39 is 23.8 Å². The van der Waals surface area contributed by atoms with Crippen LogP contribution in [0.2, 0.25) is 5.02 Å². The monoisotopic (exact) mass is 338 g/mol. The lowest BCUT2D eigenvalue weighted by atomic mass is 10.0. The van der Waals surface area contributed by atoms with Crippen LogP contribution in [0.5, 0.6) is 0 Å². The van der Waals surface area contributed by atoms with E-state index in [2.05, 4.69) is 4.98 Å². The molecule has 1 aromatic heterocycles. The van der Waals surface area contributed by atoms with Crippen molar-refractivity contribution in [3.63, 3.8) is 0 Å². The maximum atomic E-state index is 13.5. The number of β-amino-alcohol motifs (C(OH)–C–C–N with tert-alkyl or cyclic N) is 1. The fraction of sp³-hybridized carbons (Fsp3) is 0.250. The van der Waals surface area contributed by atoms with E-state index in [9.17, 15) is 18.7 Å². The van der Waals surface area contributed by atoms with Gasteiger partial charge in [0.15, 0.2) is 11.6 Å². The molecule has 0 radical (unpaired) electrons. The number of amides is 1. The molecule has 0 unspecified atom stereocenters. The summed E-state index contributed by atoms with van der Waals surface area (Å²) in [5.74, 6) is -2.33. The third-order valence-corrected chi connectivity index (χ3v) is 4.17. The highest BCUT2D eigenvalue weighted by molar-refractivity contribution is 6.33. The number of halogens is 3. The van der Waals surface area contributed by atoms with E-state index in [1.807, 2.05) is 0 Å². The topological polar surface area (TPSA) is 53.4 Å². The van der Waals surface area contributed by atoms with E-state index >= 15 is 0 Å². The number of pyridine rings is 1. The summed E-state index contributed by atoms with van der Waals surface area (Å²) in [4.78, 5) is 17.9. The molecule has 2 heterocycles. The van der Waals surface area contributed by atoms with Crippen molar-refractivity contribution >= 4 is 17.5 Å². The van der Waals surface area contributed by atoms with Gasteiger partial charge in [-0.1, -0.05) is 17.7 Å². The summed E-state index contributed by atoms with van der Waals surface area (Å²) in [6.45, 7) is 0.0984. The van der Waals surface area contributed by atoms with Crippen LogP contribution in [0.1, 0.15) is 28.4 Å². The van der Waals surface area contributed by atoms with Gasteiger partial charge in [-0.2, -0.15) is 0 Å². The lowest BCUT2D eigenvalue weighted by Crippen LogP contribution is -2.32. The Morgan fingerprint density at radius 1 is 1.30 bits per heavy atom. The minimum atomic E-state index is -0.988. The normalized spacial score (nSPS) is 20.8. The number of rotatable bonds is 2. The van der Waals surface area contributed by atoms with Gasteiger partial charge in [-0.3, -0.25) is 9.78 Å². The fourth-order valence-electron chi connectivity index (χ4n) is 2.78. The van der Waals surface area contributed by atoms with Gasteiger partial charge in [0, 0.05) is 18.9 Å². The van der Waals surface area contributed by atoms with Gasteiger partial charge in [0.25, 0.3) is 5.91 Å². The summed E-state index contributed by atoms with van der Waals surface area (Å²) in [5.41, 5.74) is 0.683. The average molecular weight is 339 g/mol. The van der Waals surface area contributed by atoms with E-state index in [1.54, 1.807) is 0 Å². The van der Waals surface area contributed by atoms with Crippen LogP contribution in [0.25, 0.3) is 0 Å². The number of carbonyl (C=O) groups excluding carboxylic acids is 1. The molecule has 1 N–H and O–H groups in total. The number of carbonyl (C=O) groups is 1. The molecule has 3 rings (SSSR count). The maximum absolute atomic E-state index is 13.5. The van der Waals surface area contributed by atoms with Crippen LogP contribution in [0.15, 0.2) is 36.7 Å². The fourth-order valence-corrected chi connectivity index (χ4v) is 2.98. The van der Waals surface area contributed by atoms with Gasteiger partial charge < -0.3 is 10.0 Å². The number of aliphatic hydroxyl groups excluding tert-OH is 1. The molecule has 1 aromatic carbocycles. The largest absolute Gasteiger partial charge is 0.391 e. The molecule has 1 amide bonds. The summed E-state index contributed by atoms with van der Waals surface area (Å²) in [6.07, 6.45) is 2.31. The average Bonchev–Trinajstić information content (AvgIpc) is 2.92. The first-order chi connectivity index (χ1) is 11.0. The van der Waals surface area contributed by atoms with Crippen LogP contribution >= 0.6 is 11.6 Å². The molecule has 1 fully saturated rings. The van der Waals surface area contributed by atoms with E-state index in [1.165, 1.54) is 29.4 Å². The summed E-state index contributed by atoms with van der Waals surface area (Å²) >= 11 is 5.99. The zero-order chi connectivity index (χ0) is 16.6. The molecule has 0 bridgehead atoms. The summed E-state index contributed by atoms with van der Waals surface area (Å²) < 4.78 is 26.6. The second-order valence-electron chi connectivity index (χ2n) is 5.39. The molecule has 4 nitrogen and oxygen atoms in total. The minimum absolute atomic E-state index is 0.0984. The number of aliphatic hydroxyl groups is 1. The first kappa shape index (κ1) is 15.8. The van der Waals surface area contributed by atoms with Crippen molar-refractivity contribution in [2.24, 2.45) is 0 Å². The van der Waals surface area contributed by atoms with E-state index in [4.69, 9.17) is 11.6 Å². The van der Waals surface area contributed by atoms with Crippen molar-refractivity contribution in [2.45, 2.75) is 18.6 Å². The Hall–Kier alpha value is -2.05. The molecule has 0 saturated carbocycles. The lowest BCUT2D eigenvalue weighted by molar-refractivity contribution is 0.0715. The van der Waals surface area contributed by atoms with E-state index in [0.29, 0.717) is 5.56 Å². The van der Waals surface area contributed by atoms with Crippen LogP contribution in [0, 0.1) is 11.6 Å². The van der Waals surface area contributed by atoms with E-state index in [-0.39, 0.29) is 29.5 Å². The third-order valence-electron chi connectivity index (χ3n) is 3.87. The summed E-state index contributed by atoms with van der Waals surface area (Å²) in [6, 6.07) is 4.41. The van der Waals surface area contributed by atoms with Crippen LogP contribution in [0.4, 0.5) is 8.78 Å². The third kappa shape index (κ3) is 3.04. The summed E-state index contributed by atoms with van der Waals surface area (Å²) in [5, 5.41) is 10.1. The molecule has 23 heavy (non-hydrogen) atoms. The SMILES string of the molecule is O=C(c1ccncc1Cl)N1C[C@@H](O)C[C@H]1c1ccc(F)c(F)c1. The number of hydrogen-bond acceptors (Lipinski definition) is 3. The Balaban J connectivity index is 1.95. The predicted molar refractivity (Wildman–Crippen MR) is 80.0 cm³/mol. The standard InChI is InChI=1S/C16H13ClF2N2O2/c17-12-7-20-4-3-11(12)16(23)21-8-10(22)6-15(21)9-1-2-13(18)14(19)5-9/h1-5,7,10,15,22H,6,8H2/t10-,15-/m0/s1. The number of nitrogens with zero attached hydrogens (tertiary/aromatic N) is 2. The Morgan fingerprint density at radius 3 is 2.78 bits per heavy atom. The number of benzene rings is 1. The lowest BCUT2D eigenvalue weighted by Gasteiger charge is -2.25. The van der Waals surface area contributed by atoms with Gasteiger partial charge in [-0.05, 0) is 30.2 Å². The first-order valence-electron chi connectivity index (χ1n) is 7.01. The van der Waals surface area contributed by atoms with Gasteiger partial charge in [0.05, 0.1) is 22.7 Å². The van der Waals surface area contributed by atoms with Crippen LogP contribution in [-0.2, 0) is 0 Å². The molecule has 1 aliphatic rings. The highest BCUT2D eigenvalue weighted by atomic mass is 35.5. The van der Waals surface area contributed by atoms with E-state index in [0.717, 1.165) is 12.1 Å². The van der Waals surface area contributed by atoms with Crippen LogP contribution < -0.4 is 0 Å². The molecular formula is C16H13ClF2N2O2. The molecule has 2 atom stereocenters. The van der Waals surface area contributed by atoms with Gasteiger partial charge in [-0.25, -0.2) is 8.78 Å². The zero-order valence-corrected chi connectivity index (χ0v) is 12.7. The van der Waals surface area contributed by atoms with Gasteiger partial charge in [0.2, 0.25) is 0 Å². The molecule has 2 aromatic rings. The maximum Gasteiger partial charge on any atom is 0.256 e. The zero-order valence-electron chi connectivity index (χ0n) is 11.9. The van der Waals surface area contributed by atoms with Gasteiger partial charge >= 0.3 is 0 Å². The van der Waals surface area contributed by atoms with Crippen molar-refractivity contribution in [1.82, 2.24) is 9.88 Å². The Labute approximate surface area is 136 Å². The molecule has 7 heteroatoms. The molecule has 1 saturated heterocycles. The van der Waals surface area contributed by atoms with Crippen LogP contribution in [0.3, 0.4) is 0 Å². The predicted octanol–water partition coefficient (Wildman–Crippen LogP) is 2.96. The van der Waals surface area contributed by atoms with Crippen molar-refractivity contribution < 1.29 is 18.7 Å². The second-order valence-corrected chi connectivity index (χ2v) is 5.80. The Bertz CT molecular complexity index is 757. The van der Waals surface area contributed by atoms with Crippen molar-refractivity contribution in [3.05, 3.63) is 64.4 Å².